The van der Waals surface area contributed by atoms with E-state index < -0.39 is 24.0 Å². The van der Waals surface area contributed by atoms with Gasteiger partial charge in [-0.15, -0.1) is 13.2 Å². The molecule has 2 aromatic carbocycles. The standard InChI is InChI=1S/C42H59NO9/c1-7-14-35(29-50-28-31-18-20-34(46-4)21-19-31)52-42(45)36-17-12-13-23-43(36)41(44)39(32-15-10-9-11-16-32)33-26-37(47-5)40(48-6)38(27-33)51-30(3)22-25-49-24-8-2/h7-8,18-21,26-27,30,32,35-36,39H,1-2,9-17,22-25,28-29H2,3-6H3/t30-,35+,36+,39+/m1/s1. The lowest BCUT2D eigenvalue weighted by atomic mass is 9.75. The van der Waals surface area contributed by atoms with Gasteiger partial charge < -0.3 is 38.1 Å². The van der Waals surface area contributed by atoms with Crippen LogP contribution in [0.2, 0.25) is 0 Å². The molecule has 1 amide bonds. The lowest BCUT2D eigenvalue weighted by molar-refractivity contribution is -0.164. The van der Waals surface area contributed by atoms with Crippen LogP contribution in [0.15, 0.2) is 61.7 Å². The molecule has 4 atom stereocenters. The molecular weight excluding hydrogens is 662 g/mol. The molecule has 10 heteroatoms. The summed E-state index contributed by atoms with van der Waals surface area (Å²) in [4.78, 5) is 30.6. The molecule has 1 heterocycles. The average Bonchev–Trinajstić information content (AvgIpc) is 3.17. The molecule has 2 aliphatic rings. The Morgan fingerprint density at radius 2 is 1.62 bits per heavy atom. The number of ether oxygens (including phenoxy) is 7. The molecule has 0 radical (unpaired) electrons. The predicted molar refractivity (Wildman–Crippen MR) is 201 cm³/mol. The highest BCUT2D eigenvalue weighted by Gasteiger charge is 2.41. The number of benzene rings is 2. The number of piperidine rings is 1. The molecule has 1 aliphatic carbocycles. The topological polar surface area (TPSA) is 102 Å². The van der Waals surface area contributed by atoms with E-state index in [1.165, 1.54) is 0 Å². The molecule has 1 saturated carbocycles. The average molecular weight is 722 g/mol. The van der Waals surface area contributed by atoms with E-state index in [0.717, 1.165) is 61.8 Å². The first-order valence-electron chi connectivity index (χ1n) is 18.8. The van der Waals surface area contributed by atoms with Crippen LogP contribution in [-0.4, -0.2) is 82.7 Å². The van der Waals surface area contributed by atoms with Gasteiger partial charge in [0.2, 0.25) is 11.7 Å². The third-order valence-corrected chi connectivity index (χ3v) is 9.95. The number of esters is 1. The number of nitrogens with zero attached hydrogens (tertiary/aromatic N) is 1. The fourth-order valence-electron chi connectivity index (χ4n) is 7.22. The maximum atomic E-state index is 14.9. The Balaban J connectivity index is 1.56. The van der Waals surface area contributed by atoms with Crippen LogP contribution in [0.25, 0.3) is 0 Å². The highest BCUT2D eigenvalue weighted by molar-refractivity contribution is 5.89. The lowest BCUT2D eigenvalue weighted by Crippen LogP contribution is -2.52. The van der Waals surface area contributed by atoms with Crippen LogP contribution in [0.4, 0.5) is 0 Å². The maximum absolute atomic E-state index is 14.9. The van der Waals surface area contributed by atoms with Crippen molar-refractivity contribution in [2.24, 2.45) is 5.92 Å². The van der Waals surface area contributed by atoms with E-state index in [4.69, 9.17) is 33.2 Å². The fourth-order valence-corrected chi connectivity index (χ4v) is 7.22. The van der Waals surface area contributed by atoms with Crippen molar-refractivity contribution in [3.8, 4) is 23.0 Å². The molecular formula is C42H59NO9. The molecule has 1 aliphatic heterocycles. The molecule has 0 spiro atoms. The number of carbonyl (C=O) groups excluding carboxylic acids is 2. The monoisotopic (exact) mass is 721 g/mol. The van der Waals surface area contributed by atoms with E-state index in [1.54, 1.807) is 38.4 Å². The third kappa shape index (κ3) is 11.5. The fraction of sp³-hybridized carbons (Fsp3) is 0.571. The Hall–Kier alpha value is -4.02. The first-order chi connectivity index (χ1) is 25.3. The Morgan fingerprint density at radius 1 is 0.885 bits per heavy atom. The molecule has 0 N–H and O–H groups in total. The summed E-state index contributed by atoms with van der Waals surface area (Å²) in [5, 5.41) is 0. The van der Waals surface area contributed by atoms with E-state index in [-0.39, 0.29) is 24.5 Å². The van der Waals surface area contributed by atoms with Crippen molar-refractivity contribution in [2.75, 3.05) is 47.7 Å². The molecule has 2 aromatic rings. The molecule has 4 rings (SSSR count). The smallest absolute Gasteiger partial charge is 0.329 e. The van der Waals surface area contributed by atoms with Crippen LogP contribution < -0.4 is 18.9 Å². The molecule has 10 nitrogen and oxygen atoms in total. The van der Waals surface area contributed by atoms with Crippen molar-refractivity contribution in [3.63, 3.8) is 0 Å². The number of hydrogen-bond acceptors (Lipinski definition) is 9. The first kappa shape index (κ1) is 40.7. The van der Waals surface area contributed by atoms with Gasteiger partial charge in [-0.3, -0.25) is 4.79 Å². The minimum Gasteiger partial charge on any atom is -0.497 e. The zero-order valence-corrected chi connectivity index (χ0v) is 31.6. The molecule has 0 unspecified atom stereocenters. The third-order valence-electron chi connectivity index (χ3n) is 9.95. The summed E-state index contributed by atoms with van der Waals surface area (Å²) < 4.78 is 40.9. The summed E-state index contributed by atoms with van der Waals surface area (Å²) in [6.45, 7) is 11.6. The number of hydrogen-bond donors (Lipinski definition) is 0. The lowest BCUT2D eigenvalue weighted by Gasteiger charge is -2.39. The van der Waals surface area contributed by atoms with Crippen LogP contribution in [-0.2, 0) is 30.4 Å². The Bertz CT molecular complexity index is 1420. The van der Waals surface area contributed by atoms with Crippen LogP contribution >= 0.6 is 0 Å². The van der Waals surface area contributed by atoms with Gasteiger partial charge >= 0.3 is 5.97 Å². The summed E-state index contributed by atoms with van der Waals surface area (Å²) in [5.41, 5.74) is 1.78. The zero-order valence-electron chi connectivity index (χ0n) is 31.6. The van der Waals surface area contributed by atoms with Crippen LogP contribution in [0, 0.1) is 5.92 Å². The molecule has 0 bridgehead atoms. The molecule has 286 valence electrons. The van der Waals surface area contributed by atoms with Crippen molar-refractivity contribution < 1.29 is 42.7 Å². The predicted octanol–water partition coefficient (Wildman–Crippen LogP) is 7.82. The largest absolute Gasteiger partial charge is 0.497 e. The normalized spacial score (nSPS) is 18.1. The van der Waals surface area contributed by atoms with Crippen molar-refractivity contribution in [3.05, 3.63) is 72.8 Å². The van der Waals surface area contributed by atoms with Gasteiger partial charge in [0.1, 0.15) is 17.9 Å². The van der Waals surface area contributed by atoms with Gasteiger partial charge in [-0.25, -0.2) is 4.79 Å². The minimum atomic E-state index is -0.687. The first-order valence-corrected chi connectivity index (χ1v) is 18.8. The highest BCUT2D eigenvalue weighted by atomic mass is 16.6. The van der Waals surface area contributed by atoms with E-state index >= 15 is 0 Å². The van der Waals surface area contributed by atoms with Gasteiger partial charge in [-0.1, -0.05) is 43.5 Å². The van der Waals surface area contributed by atoms with Gasteiger partial charge in [0.05, 0.1) is 59.8 Å². The quantitative estimate of drug-likeness (QED) is 0.0726. The SMILES string of the molecule is C=CCOCC[C@@H](C)Oc1cc([C@@H](C(=O)N2CCCC[C@H]2C(=O)O[C@@H](CC=C)COCc2ccc(OC)cc2)C2CCCCC2)cc(OC)c1OC. The Morgan fingerprint density at radius 3 is 2.29 bits per heavy atom. The van der Waals surface area contributed by atoms with Gasteiger partial charge in [-0.05, 0) is 80.3 Å². The summed E-state index contributed by atoms with van der Waals surface area (Å²) in [6, 6.07) is 10.8. The van der Waals surface area contributed by atoms with Crippen molar-refractivity contribution in [1.82, 2.24) is 4.90 Å². The number of rotatable bonds is 21. The molecule has 0 aromatic heterocycles. The summed E-state index contributed by atoms with van der Waals surface area (Å²) in [7, 11) is 4.80. The molecule has 2 fully saturated rings. The number of likely N-dealkylation sites (tertiary alicyclic amines) is 1. The number of carbonyl (C=O) groups is 2. The van der Waals surface area contributed by atoms with Crippen molar-refractivity contribution >= 4 is 11.9 Å². The second kappa shape index (κ2) is 21.5. The van der Waals surface area contributed by atoms with Gasteiger partial charge in [-0.2, -0.15) is 0 Å². The Labute approximate surface area is 310 Å². The van der Waals surface area contributed by atoms with E-state index in [9.17, 15) is 9.59 Å². The van der Waals surface area contributed by atoms with E-state index in [1.807, 2.05) is 43.3 Å². The van der Waals surface area contributed by atoms with Gasteiger partial charge in [0, 0.05) is 19.4 Å². The van der Waals surface area contributed by atoms with Gasteiger partial charge in [0.25, 0.3) is 0 Å². The zero-order chi connectivity index (χ0) is 37.3. The Kier molecular flexibility index (Phi) is 16.8. The molecule has 1 saturated heterocycles. The van der Waals surface area contributed by atoms with Crippen molar-refractivity contribution in [2.45, 2.75) is 102 Å². The maximum Gasteiger partial charge on any atom is 0.329 e. The van der Waals surface area contributed by atoms with Gasteiger partial charge in [0.15, 0.2) is 11.5 Å². The van der Waals surface area contributed by atoms with Crippen LogP contribution in [0.5, 0.6) is 23.0 Å². The van der Waals surface area contributed by atoms with Crippen molar-refractivity contribution in [1.29, 1.82) is 0 Å². The second-order valence-electron chi connectivity index (χ2n) is 13.7. The highest BCUT2D eigenvalue weighted by Crippen LogP contribution is 2.45. The van der Waals surface area contributed by atoms with E-state index in [2.05, 4.69) is 13.2 Å². The second-order valence-corrected chi connectivity index (χ2v) is 13.7. The minimum absolute atomic E-state index is 0.0615. The van der Waals surface area contributed by atoms with Crippen LogP contribution in [0.3, 0.4) is 0 Å². The number of methoxy groups -OCH3 is 3. The van der Waals surface area contributed by atoms with Crippen LogP contribution in [0.1, 0.15) is 88.2 Å². The molecule has 52 heavy (non-hydrogen) atoms. The van der Waals surface area contributed by atoms with E-state index in [0.29, 0.717) is 62.9 Å². The summed E-state index contributed by atoms with van der Waals surface area (Å²) in [6.07, 6.45) is 11.1. The summed E-state index contributed by atoms with van der Waals surface area (Å²) >= 11 is 0. The summed E-state index contributed by atoms with van der Waals surface area (Å²) in [5.74, 6) is 1.41. The number of amides is 1.